The van der Waals surface area contributed by atoms with Crippen LogP contribution in [0.2, 0.25) is 0 Å². The summed E-state index contributed by atoms with van der Waals surface area (Å²) in [6.45, 7) is 0.260. The maximum Gasteiger partial charge on any atom is 0.410 e. The molecule has 2 unspecified atom stereocenters. The average molecular weight is 393 g/mol. The molecule has 3 heterocycles. The molecule has 3 aromatic rings. The van der Waals surface area contributed by atoms with Crippen molar-refractivity contribution in [3.05, 3.63) is 59.7 Å². The Balaban J connectivity index is 1.34. The van der Waals surface area contributed by atoms with E-state index in [0.717, 1.165) is 30.4 Å². The minimum absolute atomic E-state index is 0.0399. The Hall–Kier alpha value is -2.93. The van der Waals surface area contributed by atoms with E-state index < -0.39 is 5.60 Å². The fraction of sp³-hybridized carbons (Fsp3) is 0.409. The van der Waals surface area contributed by atoms with Gasteiger partial charge in [0, 0.05) is 24.9 Å². The summed E-state index contributed by atoms with van der Waals surface area (Å²) in [7, 11) is 0. The number of nitrogens with zero attached hydrogens (tertiary/aromatic N) is 3. The first-order valence-electron chi connectivity index (χ1n) is 10.1. The molecule has 29 heavy (non-hydrogen) atoms. The third-order valence-corrected chi connectivity index (χ3v) is 6.22. The Morgan fingerprint density at radius 1 is 1.10 bits per heavy atom. The summed E-state index contributed by atoms with van der Waals surface area (Å²) in [6, 6.07) is 15.1. The fourth-order valence-electron chi connectivity index (χ4n) is 4.83. The number of benzene rings is 2. The molecule has 5 rings (SSSR count). The molecule has 2 aliphatic heterocycles. The monoisotopic (exact) mass is 393 g/mol. The number of aliphatic hydroxyl groups is 1. The summed E-state index contributed by atoms with van der Waals surface area (Å²) in [6.07, 6.45) is 3.48. The molecule has 2 atom stereocenters. The van der Waals surface area contributed by atoms with E-state index in [4.69, 9.17) is 9.37 Å². The summed E-state index contributed by atoms with van der Waals surface area (Å²) in [4.78, 5) is 14.7. The molecule has 7 heteroatoms. The molecule has 2 aromatic carbocycles. The second kappa shape index (κ2) is 7.15. The van der Waals surface area contributed by atoms with Gasteiger partial charge in [0.25, 0.3) is 0 Å². The molecule has 0 aliphatic carbocycles. The fourth-order valence-corrected chi connectivity index (χ4v) is 4.83. The van der Waals surface area contributed by atoms with Crippen molar-refractivity contribution in [1.29, 1.82) is 0 Å². The lowest BCUT2D eigenvalue weighted by atomic mass is 9.72. The zero-order valence-corrected chi connectivity index (χ0v) is 16.0. The third-order valence-electron chi connectivity index (χ3n) is 6.22. The van der Waals surface area contributed by atoms with Gasteiger partial charge in [0.05, 0.1) is 5.60 Å². The lowest BCUT2D eigenvalue weighted by molar-refractivity contribution is -0.0895. The second-order valence-electron chi connectivity index (χ2n) is 8.09. The van der Waals surface area contributed by atoms with Crippen molar-refractivity contribution in [2.24, 2.45) is 0 Å². The number of amides is 1. The van der Waals surface area contributed by atoms with Gasteiger partial charge in [-0.3, -0.25) is 0 Å². The van der Waals surface area contributed by atoms with Crippen LogP contribution in [-0.4, -0.2) is 38.5 Å². The number of fused-ring (bicyclic) bond motifs is 3. The molecule has 1 aromatic heterocycles. The predicted molar refractivity (Wildman–Crippen MR) is 105 cm³/mol. The third kappa shape index (κ3) is 3.35. The lowest BCUT2D eigenvalue weighted by Gasteiger charge is -2.51. The Kier molecular flexibility index (Phi) is 4.47. The van der Waals surface area contributed by atoms with Crippen LogP contribution >= 0.6 is 0 Å². The van der Waals surface area contributed by atoms with E-state index in [2.05, 4.69) is 10.3 Å². The van der Waals surface area contributed by atoms with Gasteiger partial charge in [-0.1, -0.05) is 36.4 Å². The SMILES string of the molecule is O=C(OCc1ccccc1)N1C2CCCC1CC(O)(c1ccc3nonc3c1)C2. The molecule has 1 N–H and O–H groups in total. The van der Waals surface area contributed by atoms with Crippen molar-refractivity contribution < 1.29 is 19.3 Å². The summed E-state index contributed by atoms with van der Waals surface area (Å²) < 4.78 is 10.4. The van der Waals surface area contributed by atoms with Gasteiger partial charge >= 0.3 is 6.09 Å². The van der Waals surface area contributed by atoms with Crippen LogP contribution in [0.5, 0.6) is 0 Å². The van der Waals surface area contributed by atoms with Crippen LogP contribution < -0.4 is 0 Å². The number of carbonyl (C=O) groups is 1. The number of aromatic nitrogens is 2. The van der Waals surface area contributed by atoms with Crippen LogP contribution in [0.3, 0.4) is 0 Å². The van der Waals surface area contributed by atoms with Gasteiger partial charge in [0.1, 0.15) is 17.6 Å². The molecule has 2 bridgehead atoms. The van der Waals surface area contributed by atoms with Crippen LogP contribution in [-0.2, 0) is 16.9 Å². The van der Waals surface area contributed by atoms with Crippen LogP contribution in [0.4, 0.5) is 4.79 Å². The van der Waals surface area contributed by atoms with Crippen molar-refractivity contribution in [2.45, 2.75) is 56.4 Å². The highest BCUT2D eigenvalue weighted by Crippen LogP contribution is 2.45. The number of ether oxygens (including phenoxy) is 1. The molecule has 0 radical (unpaired) electrons. The van der Waals surface area contributed by atoms with Crippen LogP contribution in [0.25, 0.3) is 11.0 Å². The number of carbonyl (C=O) groups excluding carboxylic acids is 1. The minimum atomic E-state index is -1.00. The standard InChI is InChI=1S/C22H23N3O4/c26-21(28-14-15-5-2-1-3-6-15)25-17-7-4-8-18(25)13-22(27,12-17)16-9-10-19-20(11-16)24-29-23-19/h1-3,5-6,9-11,17-18,27H,4,7-8,12-14H2. The summed E-state index contributed by atoms with van der Waals surface area (Å²) in [5, 5.41) is 19.2. The minimum Gasteiger partial charge on any atom is -0.445 e. The zero-order valence-electron chi connectivity index (χ0n) is 16.0. The number of hydrogen-bond acceptors (Lipinski definition) is 6. The Morgan fingerprint density at radius 3 is 2.59 bits per heavy atom. The van der Waals surface area contributed by atoms with Gasteiger partial charge in [0.15, 0.2) is 0 Å². The van der Waals surface area contributed by atoms with E-state index in [0.29, 0.717) is 23.9 Å². The van der Waals surface area contributed by atoms with E-state index >= 15 is 0 Å². The maximum absolute atomic E-state index is 12.9. The van der Waals surface area contributed by atoms with Gasteiger partial charge in [0.2, 0.25) is 0 Å². The predicted octanol–water partition coefficient (Wildman–Crippen LogP) is 3.76. The highest BCUT2D eigenvalue weighted by molar-refractivity contribution is 5.74. The van der Waals surface area contributed by atoms with E-state index in [9.17, 15) is 9.90 Å². The van der Waals surface area contributed by atoms with Crippen LogP contribution in [0.1, 0.15) is 43.2 Å². The highest BCUT2D eigenvalue weighted by Gasteiger charge is 2.48. The van der Waals surface area contributed by atoms with E-state index in [1.54, 1.807) is 0 Å². The Morgan fingerprint density at radius 2 is 1.83 bits per heavy atom. The lowest BCUT2D eigenvalue weighted by Crippen LogP contribution is -2.58. The Bertz CT molecular complexity index is 1010. The number of piperidine rings is 2. The van der Waals surface area contributed by atoms with Gasteiger partial charge in [-0.2, -0.15) is 0 Å². The number of hydrogen-bond donors (Lipinski definition) is 1. The van der Waals surface area contributed by atoms with E-state index in [1.165, 1.54) is 0 Å². The summed E-state index contributed by atoms with van der Waals surface area (Å²) >= 11 is 0. The largest absolute Gasteiger partial charge is 0.445 e. The van der Waals surface area contributed by atoms with Gasteiger partial charge in [-0.25, -0.2) is 9.42 Å². The van der Waals surface area contributed by atoms with Gasteiger partial charge in [-0.05, 0) is 52.8 Å². The van der Waals surface area contributed by atoms with Gasteiger partial charge in [-0.15, -0.1) is 0 Å². The van der Waals surface area contributed by atoms with Crippen molar-refractivity contribution in [3.63, 3.8) is 0 Å². The van der Waals surface area contributed by atoms with Crippen molar-refractivity contribution in [1.82, 2.24) is 15.2 Å². The smallest absolute Gasteiger partial charge is 0.410 e. The molecule has 0 spiro atoms. The zero-order chi connectivity index (χ0) is 19.8. The average Bonchev–Trinajstić information content (AvgIpc) is 3.20. The number of rotatable bonds is 3. The van der Waals surface area contributed by atoms with Gasteiger partial charge < -0.3 is 14.7 Å². The molecule has 7 nitrogen and oxygen atoms in total. The first-order chi connectivity index (χ1) is 14.1. The highest BCUT2D eigenvalue weighted by atomic mass is 16.6. The van der Waals surface area contributed by atoms with Crippen molar-refractivity contribution in [3.8, 4) is 0 Å². The van der Waals surface area contributed by atoms with Crippen LogP contribution in [0, 0.1) is 0 Å². The first-order valence-corrected chi connectivity index (χ1v) is 10.1. The van der Waals surface area contributed by atoms with Crippen LogP contribution in [0.15, 0.2) is 53.2 Å². The first kappa shape index (κ1) is 18.1. The topological polar surface area (TPSA) is 88.7 Å². The molecule has 2 fully saturated rings. The molecule has 150 valence electrons. The molecular weight excluding hydrogens is 370 g/mol. The van der Waals surface area contributed by atoms with Crippen molar-refractivity contribution in [2.75, 3.05) is 0 Å². The van der Waals surface area contributed by atoms with E-state index in [-0.39, 0.29) is 24.8 Å². The van der Waals surface area contributed by atoms with Crippen molar-refractivity contribution >= 4 is 17.1 Å². The second-order valence-corrected chi connectivity index (χ2v) is 8.09. The quantitative estimate of drug-likeness (QED) is 0.729. The maximum atomic E-state index is 12.9. The molecule has 2 aliphatic rings. The molecule has 0 saturated carbocycles. The molecule has 1 amide bonds. The summed E-state index contributed by atoms with van der Waals surface area (Å²) in [5.41, 5.74) is 2.06. The van der Waals surface area contributed by atoms with E-state index in [1.807, 2.05) is 53.4 Å². The summed E-state index contributed by atoms with van der Waals surface area (Å²) in [5.74, 6) is 0. The molecule has 2 saturated heterocycles. The Labute approximate surface area is 168 Å². The normalized spacial score (nSPS) is 26.4. The molecular formula is C22H23N3O4.